The Balaban J connectivity index is 1.51. The second-order valence-corrected chi connectivity index (χ2v) is 7.15. The van der Waals surface area contributed by atoms with Crippen molar-refractivity contribution in [2.75, 3.05) is 78.3 Å². The Kier molecular flexibility index (Phi) is 8.32. The number of hydrogen-bond donors (Lipinski definition) is 1. The average molecular weight is 392 g/mol. The summed E-state index contributed by atoms with van der Waals surface area (Å²) in [6.45, 7) is 8.04. The summed E-state index contributed by atoms with van der Waals surface area (Å²) >= 11 is 0. The van der Waals surface area contributed by atoms with Crippen LogP contribution in [0.1, 0.15) is 12.0 Å². The largest absolute Gasteiger partial charge is 0.382 e. The lowest BCUT2D eigenvalue weighted by atomic mass is 10.1. The van der Waals surface area contributed by atoms with Crippen LogP contribution in [0.4, 0.5) is 5.82 Å². The molecular formula is C20H33N5O3. The molecule has 3 rings (SSSR count). The van der Waals surface area contributed by atoms with Crippen LogP contribution in [0.25, 0.3) is 0 Å². The van der Waals surface area contributed by atoms with E-state index < -0.39 is 0 Å². The number of rotatable bonds is 8. The SMILES string of the molecule is CN=C(NCc1cccnc1N1CCOCC1)N1CCC(COCCOC)C1. The molecule has 0 amide bonds. The van der Waals surface area contributed by atoms with Crippen LogP contribution >= 0.6 is 0 Å². The minimum Gasteiger partial charge on any atom is -0.382 e. The molecule has 2 saturated heterocycles. The number of nitrogens with one attached hydrogen (secondary N) is 1. The first-order valence-electron chi connectivity index (χ1n) is 10.1. The van der Waals surface area contributed by atoms with E-state index in [2.05, 4.69) is 31.2 Å². The molecule has 8 nitrogen and oxygen atoms in total. The molecule has 1 atom stereocenters. The number of guanidine groups is 1. The smallest absolute Gasteiger partial charge is 0.193 e. The van der Waals surface area contributed by atoms with Crippen molar-refractivity contribution in [1.82, 2.24) is 15.2 Å². The summed E-state index contributed by atoms with van der Waals surface area (Å²) in [6.07, 6.45) is 2.98. The van der Waals surface area contributed by atoms with Gasteiger partial charge < -0.3 is 29.3 Å². The van der Waals surface area contributed by atoms with Gasteiger partial charge in [-0.25, -0.2) is 4.98 Å². The molecule has 0 radical (unpaired) electrons. The second kappa shape index (κ2) is 11.2. The van der Waals surface area contributed by atoms with Gasteiger partial charge in [0.05, 0.1) is 33.0 Å². The van der Waals surface area contributed by atoms with Crippen molar-refractivity contribution in [1.29, 1.82) is 0 Å². The van der Waals surface area contributed by atoms with Crippen molar-refractivity contribution in [2.45, 2.75) is 13.0 Å². The first-order valence-corrected chi connectivity index (χ1v) is 10.1. The molecule has 1 unspecified atom stereocenters. The fourth-order valence-corrected chi connectivity index (χ4v) is 3.69. The maximum atomic E-state index is 5.70. The van der Waals surface area contributed by atoms with Crippen molar-refractivity contribution in [3.8, 4) is 0 Å². The highest BCUT2D eigenvalue weighted by Gasteiger charge is 2.25. The fraction of sp³-hybridized carbons (Fsp3) is 0.700. The van der Waals surface area contributed by atoms with Crippen LogP contribution < -0.4 is 10.2 Å². The molecule has 2 aliphatic heterocycles. The Morgan fingerprint density at radius 3 is 2.96 bits per heavy atom. The monoisotopic (exact) mass is 391 g/mol. The van der Waals surface area contributed by atoms with E-state index in [1.54, 1.807) is 7.11 Å². The molecule has 1 aromatic heterocycles. The van der Waals surface area contributed by atoms with Crippen LogP contribution in [0, 0.1) is 5.92 Å². The highest BCUT2D eigenvalue weighted by molar-refractivity contribution is 5.80. The van der Waals surface area contributed by atoms with Gasteiger partial charge in [-0.3, -0.25) is 4.99 Å². The molecule has 0 spiro atoms. The Bertz CT molecular complexity index is 622. The molecule has 0 bridgehead atoms. The number of aromatic nitrogens is 1. The summed E-state index contributed by atoms with van der Waals surface area (Å²) in [5.41, 5.74) is 1.18. The molecule has 0 saturated carbocycles. The Labute approximate surface area is 167 Å². The number of pyridine rings is 1. The van der Waals surface area contributed by atoms with Crippen LogP contribution in [0.15, 0.2) is 23.3 Å². The molecule has 156 valence electrons. The van der Waals surface area contributed by atoms with Gasteiger partial charge in [0, 0.05) is 64.6 Å². The molecule has 0 aliphatic carbocycles. The fourth-order valence-electron chi connectivity index (χ4n) is 3.69. The molecule has 3 heterocycles. The van der Waals surface area contributed by atoms with Crippen LogP contribution in [0.5, 0.6) is 0 Å². The van der Waals surface area contributed by atoms with Gasteiger partial charge in [-0.1, -0.05) is 6.07 Å². The summed E-state index contributed by atoms with van der Waals surface area (Å²) in [5, 5.41) is 3.52. The molecule has 2 aliphatic rings. The number of nitrogens with zero attached hydrogens (tertiary/aromatic N) is 4. The van der Waals surface area contributed by atoms with Crippen molar-refractivity contribution < 1.29 is 14.2 Å². The van der Waals surface area contributed by atoms with Gasteiger partial charge in [0.15, 0.2) is 5.96 Å². The highest BCUT2D eigenvalue weighted by atomic mass is 16.5. The maximum absolute atomic E-state index is 5.70. The van der Waals surface area contributed by atoms with Gasteiger partial charge in [-0.15, -0.1) is 0 Å². The van der Waals surface area contributed by atoms with E-state index in [0.717, 1.165) is 64.2 Å². The molecule has 1 N–H and O–H groups in total. The predicted octanol–water partition coefficient (Wildman–Crippen LogP) is 0.979. The number of aliphatic imine (C=N–C) groups is 1. The Morgan fingerprint density at radius 1 is 1.32 bits per heavy atom. The molecule has 0 aromatic carbocycles. The van der Waals surface area contributed by atoms with Crippen molar-refractivity contribution >= 4 is 11.8 Å². The van der Waals surface area contributed by atoms with E-state index in [-0.39, 0.29) is 0 Å². The molecule has 28 heavy (non-hydrogen) atoms. The van der Waals surface area contributed by atoms with E-state index in [4.69, 9.17) is 14.2 Å². The Morgan fingerprint density at radius 2 is 2.18 bits per heavy atom. The number of ether oxygens (including phenoxy) is 3. The molecule has 1 aromatic rings. The van der Waals surface area contributed by atoms with Crippen LogP contribution in [-0.4, -0.2) is 89.2 Å². The van der Waals surface area contributed by atoms with Crippen LogP contribution in [0.2, 0.25) is 0 Å². The maximum Gasteiger partial charge on any atom is 0.193 e. The van der Waals surface area contributed by atoms with Gasteiger partial charge in [0.1, 0.15) is 5.82 Å². The number of morpholine rings is 1. The van der Waals surface area contributed by atoms with E-state index in [9.17, 15) is 0 Å². The second-order valence-electron chi connectivity index (χ2n) is 7.15. The Hall–Kier alpha value is -1.90. The normalized spacial score (nSPS) is 20.6. The minimum absolute atomic E-state index is 0.540. The standard InChI is InChI=1S/C20H33N5O3/c1-21-20(25-7-5-17(15-25)16-28-13-12-26-2)23-14-18-4-3-6-22-19(18)24-8-10-27-11-9-24/h3-4,6,17H,5,7-16H2,1-2H3,(H,21,23). The molecule has 8 heteroatoms. The van der Waals surface area contributed by atoms with E-state index in [1.165, 1.54) is 5.56 Å². The third-order valence-corrected chi connectivity index (χ3v) is 5.20. The summed E-state index contributed by atoms with van der Waals surface area (Å²) in [5.74, 6) is 2.52. The van der Waals surface area contributed by atoms with Gasteiger partial charge >= 0.3 is 0 Å². The average Bonchev–Trinajstić information content (AvgIpc) is 3.21. The van der Waals surface area contributed by atoms with Gasteiger partial charge in [0.2, 0.25) is 0 Å². The zero-order valence-corrected chi connectivity index (χ0v) is 17.1. The zero-order valence-electron chi connectivity index (χ0n) is 17.1. The van der Waals surface area contributed by atoms with E-state index >= 15 is 0 Å². The van der Waals surface area contributed by atoms with E-state index in [1.807, 2.05) is 19.3 Å². The third kappa shape index (κ3) is 5.80. The highest BCUT2D eigenvalue weighted by Crippen LogP contribution is 2.20. The lowest BCUT2D eigenvalue weighted by Gasteiger charge is -2.30. The first kappa shape index (κ1) is 20.8. The van der Waals surface area contributed by atoms with E-state index in [0.29, 0.717) is 25.7 Å². The summed E-state index contributed by atoms with van der Waals surface area (Å²) < 4.78 is 16.2. The zero-order chi connectivity index (χ0) is 19.6. The van der Waals surface area contributed by atoms with Gasteiger partial charge in [-0.05, 0) is 12.5 Å². The number of methoxy groups -OCH3 is 1. The first-order chi connectivity index (χ1) is 13.8. The lowest BCUT2D eigenvalue weighted by Crippen LogP contribution is -2.41. The summed E-state index contributed by atoms with van der Waals surface area (Å²) in [7, 11) is 3.54. The predicted molar refractivity (Wildman–Crippen MR) is 110 cm³/mol. The minimum atomic E-state index is 0.540. The topological polar surface area (TPSA) is 71.5 Å². The quantitative estimate of drug-likeness (QED) is 0.402. The molecular weight excluding hydrogens is 358 g/mol. The number of hydrogen-bond acceptors (Lipinski definition) is 6. The van der Waals surface area contributed by atoms with Gasteiger partial charge in [-0.2, -0.15) is 0 Å². The summed E-state index contributed by atoms with van der Waals surface area (Å²) in [4.78, 5) is 13.7. The lowest BCUT2D eigenvalue weighted by molar-refractivity contribution is 0.0536. The van der Waals surface area contributed by atoms with Crippen molar-refractivity contribution in [3.63, 3.8) is 0 Å². The number of likely N-dealkylation sites (tertiary alicyclic amines) is 1. The summed E-state index contributed by atoms with van der Waals surface area (Å²) in [6, 6.07) is 4.13. The van der Waals surface area contributed by atoms with Crippen molar-refractivity contribution in [2.24, 2.45) is 10.9 Å². The molecule has 2 fully saturated rings. The number of anilines is 1. The van der Waals surface area contributed by atoms with Crippen molar-refractivity contribution in [3.05, 3.63) is 23.9 Å². The van der Waals surface area contributed by atoms with Gasteiger partial charge in [0.25, 0.3) is 0 Å². The van der Waals surface area contributed by atoms with Crippen LogP contribution in [0.3, 0.4) is 0 Å². The third-order valence-electron chi connectivity index (χ3n) is 5.20. The van der Waals surface area contributed by atoms with Crippen LogP contribution in [-0.2, 0) is 20.8 Å².